The molecule has 0 bridgehead atoms. The Morgan fingerprint density at radius 3 is 2.86 bits per heavy atom. The topological polar surface area (TPSA) is 46.2 Å². The summed E-state index contributed by atoms with van der Waals surface area (Å²) in [6, 6.07) is 6.06. The Morgan fingerprint density at radius 1 is 1.17 bits per heavy atom. The maximum Gasteiger partial charge on any atom is 0.231 e. The van der Waals surface area contributed by atoms with Crippen molar-refractivity contribution in [3.63, 3.8) is 0 Å². The Morgan fingerprint density at radius 2 is 2.03 bits per heavy atom. The number of allylic oxidation sites excluding steroid dienone is 2. The summed E-state index contributed by atoms with van der Waals surface area (Å²) in [5, 5.41) is 4.31. The van der Waals surface area contributed by atoms with Gasteiger partial charge in [0.15, 0.2) is 16.6 Å². The first-order chi connectivity index (χ1) is 14.3. The lowest BCUT2D eigenvalue weighted by Gasteiger charge is -2.34. The van der Waals surface area contributed by atoms with E-state index in [1.54, 1.807) is 0 Å². The zero-order valence-electron chi connectivity index (χ0n) is 17.0. The van der Waals surface area contributed by atoms with Crippen molar-refractivity contribution < 1.29 is 14.2 Å². The van der Waals surface area contributed by atoms with Crippen molar-refractivity contribution in [1.82, 2.24) is 15.1 Å². The molecule has 158 valence electrons. The van der Waals surface area contributed by atoms with E-state index >= 15 is 0 Å². The fraction of sp³-hybridized carbons (Fsp3) is 0.591. The highest BCUT2D eigenvalue weighted by Gasteiger charge is 2.19. The van der Waals surface area contributed by atoms with Crippen LogP contribution < -0.4 is 14.8 Å². The molecular weight excluding hydrogens is 386 g/mol. The molecular formula is C22H31N3O3S. The molecule has 0 spiro atoms. The number of nitrogens with one attached hydrogen (secondary N) is 1. The summed E-state index contributed by atoms with van der Waals surface area (Å²) in [5.74, 6) is 2.30. The Labute approximate surface area is 178 Å². The van der Waals surface area contributed by atoms with Gasteiger partial charge in [-0.05, 0) is 55.1 Å². The van der Waals surface area contributed by atoms with Gasteiger partial charge in [-0.15, -0.1) is 0 Å². The van der Waals surface area contributed by atoms with Crippen molar-refractivity contribution in [2.75, 3.05) is 52.7 Å². The Bertz CT molecular complexity index is 721. The third kappa shape index (κ3) is 5.84. The zero-order valence-corrected chi connectivity index (χ0v) is 17.8. The quantitative estimate of drug-likeness (QED) is 0.541. The Kier molecular flexibility index (Phi) is 7.24. The van der Waals surface area contributed by atoms with Gasteiger partial charge in [0.25, 0.3) is 0 Å². The molecule has 1 unspecified atom stereocenters. The molecule has 1 fully saturated rings. The summed E-state index contributed by atoms with van der Waals surface area (Å²) in [6.07, 6.45) is 8.19. The average molecular weight is 418 g/mol. The number of morpholine rings is 1. The predicted octanol–water partition coefficient (Wildman–Crippen LogP) is 2.78. The van der Waals surface area contributed by atoms with Gasteiger partial charge in [-0.3, -0.25) is 4.90 Å². The molecule has 1 aromatic rings. The summed E-state index contributed by atoms with van der Waals surface area (Å²) in [6.45, 7) is 7.67. The standard InChI is InChI=1S/C22H31N3O3S/c29-22(23-15-19-6-7-20-21(14-19)28-17-27-20)25(16-18-4-2-1-3-5-18)9-8-24-10-12-26-13-11-24/h1-2,6-7,14,18H,3-5,8-13,15-17H2,(H,23,29). The van der Waals surface area contributed by atoms with Crippen LogP contribution in [0.1, 0.15) is 24.8 Å². The summed E-state index contributed by atoms with van der Waals surface area (Å²) < 4.78 is 16.4. The molecule has 6 nitrogen and oxygen atoms in total. The van der Waals surface area contributed by atoms with Gasteiger partial charge in [0, 0.05) is 39.3 Å². The van der Waals surface area contributed by atoms with Crippen LogP contribution in [0.2, 0.25) is 0 Å². The van der Waals surface area contributed by atoms with Crippen LogP contribution in [0, 0.1) is 5.92 Å². The lowest BCUT2D eigenvalue weighted by molar-refractivity contribution is 0.0355. The van der Waals surface area contributed by atoms with E-state index in [4.69, 9.17) is 26.4 Å². The smallest absolute Gasteiger partial charge is 0.231 e. The molecule has 0 radical (unpaired) electrons. The van der Waals surface area contributed by atoms with Gasteiger partial charge in [-0.1, -0.05) is 18.2 Å². The summed E-state index contributed by atoms with van der Waals surface area (Å²) in [5.41, 5.74) is 1.14. The van der Waals surface area contributed by atoms with Crippen LogP contribution in [0.3, 0.4) is 0 Å². The van der Waals surface area contributed by atoms with E-state index in [1.807, 2.05) is 12.1 Å². The predicted molar refractivity (Wildman–Crippen MR) is 117 cm³/mol. The number of fused-ring (bicyclic) bond motifs is 1. The third-order valence-corrected chi connectivity index (χ3v) is 6.22. The number of thiocarbonyl (C=S) groups is 1. The number of hydrogen-bond donors (Lipinski definition) is 1. The van der Waals surface area contributed by atoms with Crippen LogP contribution in [-0.2, 0) is 11.3 Å². The molecule has 3 aliphatic rings. The van der Waals surface area contributed by atoms with Crippen LogP contribution in [-0.4, -0.2) is 67.6 Å². The molecule has 2 heterocycles. The van der Waals surface area contributed by atoms with Gasteiger partial charge in [-0.2, -0.15) is 0 Å². The molecule has 1 atom stereocenters. The van der Waals surface area contributed by atoms with Crippen molar-refractivity contribution >= 4 is 17.3 Å². The van der Waals surface area contributed by atoms with Gasteiger partial charge >= 0.3 is 0 Å². The first-order valence-corrected chi connectivity index (χ1v) is 11.0. The number of benzene rings is 1. The van der Waals surface area contributed by atoms with E-state index in [-0.39, 0.29) is 0 Å². The van der Waals surface area contributed by atoms with Crippen LogP contribution >= 0.6 is 12.2 Å². The summed E-state index contributed by atoms with van der Waals surface area (Å²) >= 11 is 5.81. The van der Waals surface area contributed by atoms with Gasteiger partial charge in [0.2, 0.25) is 6.79 Å². The van der Waals surface area contributed by atoms with Gasteiger partial charge in [0.05, 0.1) is 13.2 Å². The molecule has 4 rings (SSSR count). The normalized spacial score (nSPS) is 21.2. The second-order valence-electron chi connectivity index (χ2n) is 7.90. The molecule has 1 saturated heterocycles. The molecule has 2 aliphatic heterocycles. The fourth-order valence-electron chi connectivity index (χ4n) is 4.04. The van der Waals surface area contributed by atoms with Crippen molar-refractivity contribution in [3.05, 3.63) is 35.9 Å². The molecule has 1 N–H and O–H groups in total. The van der Waals surface area contributed by atoms with E-state index in [1.165, 1.54) is 12.8 Å². The third-order valence-electron chi connectivity index (χ3n) is 5.81. The first-order valence-electron chi connectivity index (χ1n) is 10.6. The molecule has 0 aromatic heterocycles. The lowest BCUT2D eigenvalue weighted by Crippen LogP contribution is -2.47. The minimum Gasteiger partial charge on any atom is -0.454 e. The SMILES string of the molecule is S=C(NCc1ccc2c(c1)OCO2)N(CCN1CCOCC1)CC1CC=CCC1. The molecule has 0 saturated carbocycles. The highest BCUT2D eigenvalue weighted by Crippen LogP contribution is 2.32. The second kappa shape index (κ2) is 10.3. The van der Waals surface area contributed by atoms with E-state index < -0.39 is 0 Å². The average Bonchev–Trinajstić information content (AvgIpc) is 3.24. The van der Waals surface area contributed by atoms with Crippen LogP contribution in [0.4, 0.5) is 0 Å². The van der Waals surface area contributed by atoms with Crippen LogP contribution in [0.5, 0.6) is 11.5 Å². The zero-order chi connectivity index (χ0) is 19.9. The van der Waals surface area contributed by atoms with Crippen LogP contribution in [0.25, 0.3) is 0 Å². The highest BCUT2D eigenvalue weighted by atomic mass is 32.1. The highest BCUT2D eigenvalue weighted by molar-refractivity contribution is 7.80. The maximum absolute atomic E-state index is 5.81. The van der Waals surface area contributed by atoms with E-state index in [2.05, 4.69) is 33.3 Å². The molecule has 1 aliphatic carbocycles. The summed E-state index contributed by atoms with van der Waals surface area (Å²) in [4.78, 5) is 4.83. The summed E-state index contributed by atoms with van der Waals surface area (Å²) in [7, 11) is 0. The fourth-order valence-corrected chi connectivity index (χ4v) is 4.27. The van der Waals surface area contributed by atoms with Crippen molar-refractivity contribution in [3.8, 4) is 11.5 Å². The molecule has 7 heteroatoms. The van der Waals surface area contributed by atoms with E-state index in [9.17, 15) is 0 Å². The number of nitrogens with zero attached hydrogens (tertiary/aromatic N) is 2. The Balaban J connectivity index is 1.32. The Hall–Kier alpha value is -1.83. The van der Waals surface area contributed by atoms with E-state index in [0.717, 1.165) is 74.5 Å². The largest absolute Gasteiger partial charge is 0.454 e. The monoisotopic (exact) mass is 417 g/mol. The molecule has 1 aromatic carbocycles. The van der Waals surface area contributed by atoms with Crippen molar-refractivity contribution in [2.45, 2.75) is 25.8 Å². The van der Waals surface area contributed by atoms with Crippen LogP contribution in [0.15, 0.2) is 30.4 Å². The van der Waals surface area contributed by atoms with Crippen molar-refractivity contribution in [1.29, 1.82) is 0 Å². The maximum atomic E-state index is 5.81. The number of ether oxygens (including phenoxy) is 3. The van der Waals surface area contributed by atoms with Gasteiger partial charge < -0.3 is 24.4 Å². The first kappa shape index (κ1) is 20.4. The minimum atomic E-state index is 0.301. The molecule has 0 amide bonds. The number of rotatable bonds is 7. The van der Waals surface area contributed by atoms with E-state index in [0.29, 0.717) is 19.3 Å². The molecule has 29 heavy (non-hydrogen) atoms. The number of hydrogen-bond acceptors (Lipinski definition) is 5. The van der Waals surface area contributed by atoms with Gasteiger partial charge in [-0.25, -0.2) is 0 Å². The van der Waals surface area contributed by atoms with Crippen molar-refractivity contribution in [2.24, 2.45) is 5.92 Å². The minimum absolute atomic E-state index is 0.301. The van der Waals surface area contributed by atoms with Gasteiger partial charge in [0.1, 0.15) is 0 Å². The second-order valence-corrected chi connectivity index (χ2v) is 8.28. The lowest BCUT2D eigenvalue weighted by atomic mass is 9.94.